The van der Waals surface area contributed by atoms with Gasteiger partial charge in [-0.05, 0) is 77.7 Å². The normalized spacial score (nSPS) is 17.2. The van der Waals surface area contributed by atoms with E-state index in [1.165, 1.54) is 72.8 Å². The molecule has 2 heterocycles. The fraction of sp³-hybridized carbons (Fsp3) is 0.281. The molecular weight excluding hydrogens is 640 g/mol. The Labute approximate surface area is 265 Å². The number of hydrogen-bond donors (Lipinski definition) is 3. The molecule has 46 heavy (non-hydrogen) atoms. The molecule has 1 aliphatic rings. The van der Waals surface area contributed by atoms with Crippen LogP contribution in [0.4, 0.5) is 14.5 Å². The molecule has 2 atom stereocenters. The molecule has 0 amide bonds. The number of carbonyl (C=O) groups is 1. The smallest absolute Gasteiger partial charge is 0.308 e. The van der Waals surface area contributed by atoms with E-state index in [-0.39, 0.29) is 46.8 Å². The molecule has 14 heteroatoms. The molecule has 5 rings (SSSR count). The summed E-state index contributed by atoms with van der Waals surface area (Å²) >= 11 is 0. The van der Waals surface area contributed by atoms with Crippen molar-refractivity contribution in [1.29, 1.82) is 0 Å². The summed E-state index contributed by atoms with van der Waals surface area (Å²) in [6.07, 6.45) is -1.17. The third-order valence-electron chi connectivity index (χ3n) is 7.67. The predicted octanol–water partition coefficient (Wildman–Crippen LogP) is 5.13. The molecule has 3 aromatic carbocycles. The lowest BCUT2D eigenvalue weighted by molar-refractivity contribution is -0.160. The molecule has 4 N–H and O–H groups in total. The van der Waals surface area contributed by atoms with E-state index in [4.69, 9.17) is 9.88 Å². The van der Waals surface area contributed by atoms with Crippen LogP contribution in [0.25, 0.3) is 22.4 Å². The highest BCUT2D eigenvalue weighted by atomic mass is 32.2. The zero-order valence-corrected chi connectivity index (χ0v) is 26.6. The van der Waals surface area contributed by atoms with Gasteiger partial charge in [0.25, 0.3) is 10.0 Å². The molecule has 4 aromatic rings. The first kappa shape index (κ1) is 33.3. The standard InChI is InChI=1S/C32H33F2N3O7S2/c1-19(2)30-32(46(42,43)36-24-11-13-27(14-12-24)45(35,40)41)29(20-3-7-22(33)8-4-20)31(21-5-9-23(34)10-6-21)37(30)16-15-26-17-25(38)18-28(39)44-26/h3-14,19,25-26,36,38H,15-18H2,1-2H3,(H2,35,40,41)/t25-,26?/m1/s1. The first-order valence-corrected chi connectivity index (χ1v) is 17.5. The zero-order chi connectivity index (χ0) is 33.4. The maximum absolute atomic E-state index is 14.4. The van der Waals surface area contributed by atoms with Gasteiger partial charge in [-0.3, -0.25) is 9.52 Å². The highest BCUT2D eigenvalue weighted by Gasteiger charge is 2.35. The van der Waals surface area contributed by atoms with Gasteiger partial charge < -0.3 is 14.4 Å². The first-order chi connectivity index (χ1) is 21.6. The first-order valence-electron chi connectivity index (χ1n) is 14.5. The molecule has 1 unspecified atom stereocenters. The van der Waals surface area contributed by atoms with E-state index in [0.29, 0.717) is 22.5 Å². The summed E-state index contributed by atoms with van der Waals surface area (Å²) in [5, 5.41) is 15.4. The second-order valence-corrected chi connectivity index (χ2v) is 14.6. The van der Waals surface area contributed by atoms with Crippen molar-refractivity contribution >= 4 is 31.7 Å². The van der Waals surface area contributed by atoms with Gasteiger partial charge in [0.2, 0.25) is 10.0 Å². The second kappa shape index (κ2) is 12.9. The monoisotopic (exact) mass is 673 g/mol. The molecule has 1 aliphatic heterocycles. The Balaban J connectivity index is 1.75. The number of nitrogens with one attached hydrogen (secondary N) is 1. The Morgan fingerprint density at radius 1 is 0.935 bits per heavy atom. The Hall–Kier alpha value is -4.11. The van der Waals surface area contributed by atoms with Crippen molar-refractivity contribution in [3.63, 3.8) is 0 Å². The number of hydrogen-bond acceptors (Lipinski definition) is 7. The number of anilines is 1. The van der Waals surface area contributed by atoms with Gasteiger partial charge in [0.15, 0.2) is 0 Å². The number of nitrogens with zero attached hydrogens (tertiary/aromatic N) is 1. The molecule has 244 valence electrons. The van der Waals surface area contributed by atoms with E-state index in [9.17, 15) is 35.5 Å². The van der Waals surface area contributed by atoms with E-state index in [0.717, 1.165) is 0 Å². The van der Waals surface area contributed by atoms with E-state index >= 15 is 0 Å². The van der Waals surface area contributed by atoms with Crippen molar-refractivity contribution in [2.24, 2.45) is 5.14 Å². The highest BCUT2D eigenvalue weighted by molar-refractivity contribution is 7.93. The van der Waals surface area contributed by atoms with E-state index in [1.54, 1.807) is 18.4 Å². The van der Waals surface area contributed by atoms with Crippen molar-refractivity contribution in [2.45, 2.75) is 67.6 Å². The van der Waals surface area contributed by atoms with Crippen molar-refractivity contribution in [2.75, 3.05) is 4.72 Å². The summed E-state index contributed by atoms with van der Waals surface area (Å²) in [5.41, 5.74) is 1.90. The summed E-state index contributed by atoms with van der Waals surface area (Å²) in [4.78, 5) is 11.7. The highest BCUT2D eigenvalue weighted by Crippen LogP contribution is 2.45. The molecule has 1 aromatic heterocycles. The zero-order valence-electron chi connectivity index (χ0n) is 25.0. The van der Waals surface area contributed by atoms with Crippen LogP contribution in [0.15, 0.2) is 82.6 Å². The summed E-state index contributed by atoms with van der Waals surface area (Å²) in [6, 6.07) is 15.7. The minimum atomic E-state index is -4.45. The predicted molar refractivity (Wildman–Crippen MR) is 168 cm³/mol. The van der Waals surface area contributed by atoms with Gasteiger partial charge in [-0.25, -0.2) is 30.8 Å². The van der Waals surface area contributed by atoms with Crippen molar-refractivity contribution < 1.29 is 40.3 Å². The molecule has 0 radical (unpaired) electrons. The minimum Gasteiger partial charge on any atom is -0.462 e. The van der Waals surface area contributed by atoms with Crippen LogP contribution in [-0.2, 0) is 36.1 Å². The van der Waals surface area contributed by atoms with Crippen LogP contribution < -0.4 is 9.86 Å². The van der Waals surface area contributed by atoms with Crippen LogP contribution in [0.2, 0.25) is 0 Å². The molecule has 1 fully saturated rings. The molecule has 10 nitrogen and oxygen atoms in total. The second-order valence-electron chi connectivity index (χ2n) is 11.4. The lowest BCUT2D eigenvalue weighted by Crippen LogP contribution is -2.33. The van der Waals surface area contributed by atoms with E-state index in [2.05, 4.69) is 4.72 Å². The number of primary sulfonamides is 1. The quantitative estimate of drug-likeness (QED) is 0.197. The van der Waals surface area contributed by atoms with Crippen molar-refractivity contribution in [3.05, 3.63) is 90.1 Å². The Kier molecular flexibility index (Phi) is 9.36. The molecule has 0 spiro atoms. The van der Waals surface area contributed by atoms with Gasteiger partial charge in [0.1, 0.15) is 22.6 Å². The number of cyclic esters (lactones) is 1. The number of aromatic nitrogens is 1. The minimum absolute atomic E-state index is 0.0614. The Morgan fingerprint density at radius 2 is 1.50 bits per heavy atom. The Bertz CT molecular complexity index is 1960. The molecule has 0 bridgehead atoms. The SMILES string of the molecule is CC(C)c1c(S(=O)(=O)Nc2ccc(S(N)(=O)=O)cc2)c(-c2ccc(F)cc2)c(-c2ccc(F)cc2)n1CCC1C[C@@H](O)CC(=O)O1. The molecule has 0 aliphatic carbocycles. The number of rotatable bonds is 10. The number of aliphatic hydroxyl groups excluding tert-OH is 1. The lowest BCUT2D eigenvalue weighted by Gasteiger charge is -2.27. The average molecular weight is 674 g/mol. The van der Waals surface area contributed by atoms with Crippen LogP contribution in [-0.4, -0.2) is 44.7 Å². The van der Waals surface area contributed by atoms with E-state index in [1.807, 2.05) is 0 Å². The van der Waals surface area contributed by atoms with Crippen LogP contribution in [0, 0.1) is 11.6 Å². The van der Waals surface area contributed by atoms with Gasteiger partial charge in [0.05, 0.1) is 23.1 Å². The van der Waals surface area contributed by atoms with E-state index < -0.39 is 55.8 Å². The number of ether oxygens (including phenoxy) is 1. The third-order valence-corrected chi connectivity index (χ3v) is 10.1. The van der Waals surface area contributed by atoms with Gasteiger partial charge in [-0.2, -0.15) is 0 Å². The number of benzene rings is 3. The third kappa shape index (κ3) is 7.15. The maximum atomic E-state index is 14.4. The Morgan fingerprint density at radius 3 is 2.02 bits per heavy atom. The number of halogens is 2. The van der Waals surface area contributed by atoms with Gasteiger partial charge in [-0.15, -0.1) is 0 Å². The maximum Gasteiger partial charge on any atom is 0.308 e. The number of aliphatic hydroxyl groups is 1. The number of nitrogens with two attached hydrogens (primary N) is 1. The fourth-order valence-corrected chi connectivity index (χ4v) is 7.88. The van der Waals surface area contributed by atoms with Gasteiger partial charge in [-0.1, -0.05) is 26.0 Å². The number of esters is 1. The van der Waals surface area contributed by atoms with Crippen LogP contribution in [0.1, 0.15) is 44.7 Å². The average Bonchev–Trinajstić information content (AvgIpc) is 3.32. The molecule has 1 saturated heterocycles. The lowest BCUT2D eigenvalue weighted by atomic mass is 10.00. The van der Waals surface area contributed by atoms with Crippen LogP contribution in [0.5, 0.6) is 0 Å². The van der Waals surface area contributed by atoms with Gasteiger partial charge in [0, 0.05) is 36.3 Å². The van der Waals surface area contributed by atoms with Crippen molar-refractivity contribution in [1.82, 2.24) is 4.57 Å². The van der Waals surface area contributed by atoms with Crippen LogP contribution in [0.3, 0.4) is 0 Å². The topological polar surface area (TPSA) is 158 Å². The molecule has 0 saturated carbocycles. The fourth-order valence-electron chi connectivity index (χ4n) is 5.71. The largest absolute Gasteiger partial charge is 0.462 e. The summed E-state index contributed by atoms with van der Waals surface area (Å²) in [7, 11) is -8.47. The van der Waals surface area contributed by atoms with Crippen molar-refractivity contribution in [3.8, 4) is 22.4 Å². The number of carbonyl (C=O) groups excluding carboxylic acids is 1. The summed E-state index contributed by atoms with van der Waals surface area (Å²) < 4.78 is 90.3. The summed E-state index contributed by atoms with van der Waals surface area (Å²) in [5.74, 6) is -1.99. The number of sulfonamides is 2. The van der Waals surface area contributed by atoms with Crippen LogP contribution >= 0.6 is 0 Å². The molecular formula is C32H33F2N3O7S2. The summed E-state index contributed by atoms with van der Waals surface area (Å²) in [6.45, 7) is 3.76. The van der Waals surface area contributed by atoms with Gasteiger partial charge >= 0.3 is 5.97 Å².